The summed E-state index contributed by atoms with van der Waals surface area (Å²) in [6, 6.07) is 0. The van der Waals surface area contributed by atoms with Crippen molar-refractivity contribution >= 4 is 22.6 Å². The molecule has 4 nitrogen and oxygen atoms in total. The van der Waals surface area contributed by atoms with Gasteiger partial charge in [-0.3, -0.25) is 4.79 Å². The minimum Gasteiger partial charge on any atom is -0.481 e. The van der Waals surface area contributed by atoms with Gasteiger partial charge in [-0.25, -0.2) is 0 Å². The summed E-state index contributed by atoms with van der Waals surface area (Å²) < 4.78 is 12.8. The van der Waals surface area contributed by atoms with Crippen LogP contribution in [0.25, 0.3) is 0 Å². The highest BCUT2D eigenvalue weighted by Crippen LogP contribution is 2.38. The molecule has 0 radical (unpaired) electrons. The molecule has 1 N–H and O–H groups in total. The maximum Gasteiger partial charge on any atom is 0.303 e. The fourth-order valence-corrected chi connectivity index (χ4v) is 4.90. The van der Waals surface area contributed by atoms with E-state index in [0.29, 0.717) is 19.3 Å². The number of rotatable bonds is 11. The number of carboxylic acid groups (broad SMARTS) is 1. The van der Waals surface area contributed by atoms with Crippen LogP contribution >= 0.6 is 0 Å². The van der Waals surface area contributed by atoms with Gasteiger partial charge in [-0.05, 0) is 55.2 Å². The number of aliphatic carboxylic acids is 1. The van der Waals surface area contributed by atoms with Crippen molar-refractivity contribution in [2.75, 3.05) is 0 Å². The van der Waals surface area contributed by atoms with Crippen LogP contribution in [0, 0.1) is 24.2 Å². The maximum atomic E-state index is 10.9. The van der Waals surface area contributed by atoms with Gasteiger partial charge in [0.05, 0.1) is 6.10 Å². The van der Waals surface area contributed by atoms with Crippen LogP contribution in [0.3, 0.4) is 0 Å². The SMILES string of the molecule is C#CC[C@H](/C=C/C=C/C#C[C@H](CCCC(=O)O)O[Si](C)(C)C(C)(C)C)O[Si](C)(C)C(C)(C)C. The molecule has 0 heterocycles. The first-order chi connectivity index (χ1) is 14.9. The van der Waals surface area contributed by atoms with E-state index in [4.69, 9.17) is 20.4 Å². The lowest BCUT2D eigenvalue weighted by Crippen LogP contribution is -2.43. The monoisotopic (exact) mass is 490 g/mol. The number of hydrogen-bond donors (Lipinski definition) is 1. The van der Waals surface area contributed by atoms with Gasteiger partial charge in [0, 0.05) is 12.8 Å². The van der Waals surface area contributed by atoms with Gasteiger partial charge in [-0.15, -0.1) is 12.3 Å². The molecule has 0 bridgehead atoms. The number of allylic oxidation sites excluding steroid dienone is 3. The molecule has 33 heavy (non-hydrogen) atoms. The second-order valence-electron chi connectivity index (χ2n) is 11.5. The van der Waals surface area contributed by atoms with Crippen LogP contribution in [0.15, 0.2) is 24.3 Å². The Kier molecular flexibility index (Phi) is 12.7. The van der Waals surface area contributed by atoms with Gasteiger partial charge in [-0.1, -0.05) is 71.6 Å². The molecule has 0 aromatic heterocycles. The Morgan fingerprint density at radius 3 is 2.03 bits per heavy atom. The van der Waals surface area contributed by atoms with Crippen LogP contribution < -0.4 is 0 Å². The van der Waals surface area contributed by atoms with Crippen molar-refractivity contribution in [3.8, 4) is 24.2 Å². The molecule has 0 rings (SSSR count). The fourth-order valence-electron chi connectivity index (χ4n) is 2.38. The van der Waals surface area contributed by atoms with E-state index in [1.807, 2.05) is 18.2 Å². The van der Waals surface area contributed by atoms with Crippen molar-refractivity contribution in [2.45, 2.75) is 116 Å². The van der Waals surface area contributed by atoms with Crippen molar-refractivity contribution < 1.29 is 18.8 Å². The Balaban J connectivity index is 5.28. The Hall–Kier alpha value is -1.58. The molecular formula is C27H46O4Si2. The van der Waals surface area contributed by atoms with Crippen LogP contribution in [0.5, 0.6) is 0 Å². The van der Waals surface area contributed by atoms with E-state index in [1.54, 1.807) is 6.08 Å². The molecule has 0 aromatic rings. The highest BCUT2D eigenvalue weighted by atomic mass is 28.4. The summed E-state index contributed by atoms with van der Waals surface area (Å²) in [5.74, 6) is 8.18. The summed E-state index contributed by atoms with van der Waals surface area (Å²) in [5.41, 5.74) is 0. The second kappa shape index (κ2) is 13.3. The Morgan fingerprint density at radius 2 is 1.55 bits per heavy atom. The molecule has 6 heteroatoms. The predicted molar refractivity (Wildman–Crippen MR) is 145 cm³/mol. The van der Waals surface area contributed by atoms with Crippen molar-refractivity contribution in [2.24, 2.45) is 0 Å². The molecule has 0 aliphatic carbocycles. The predicted octanol–water partition coefficient (Wildman–Crippen LogP) is 7.16. The first-order valence-electron chi connectivity index (χ1n) is 11.8. The molecule has 0 saturated heterocycles. The standard InChI is InChI=1S/C27H46O4Si2/c1-12-18-23(30-32(8,9)26(2,3)4)19-15-13-14-16-20-24(21-17-22-25(28)29)31-33(10,11)27(5,6)7/h1,13-15,19,23-24H,17-18,21-22H2,2-11H3,(H,28,29)/b14-13+,19-15+/t23-,24-/m1/s1. The smallest absolute Gasteiger partial charge is 0.303 e. The number of hydrogen-bond acceptors (Lipinski definition) is 3. The van der Waals surface area contributed by atoms with Gasteiger partial charge in [0.2, 0.25) is 0 Å². The van der Waals surface area contributed by atoms with E-state index >= 15 is 0 Å². The van der Waals surface area contributed by atoms with Gasteiger partial charge in [0.25, 0.3) is 0 Å². The van der Waals surface area contributed by atoms with Crippen molar-refractivity contribution in [3.05, 3.63) is 24.3 Å². The van der Waals surface area contributed by atoms with Crippen LogP contribution in [0.2, 0.25) is 36.3 Å². The zero-order chi connectivity index (χ0) is 25.9. The average Bonchev–Trinajstić information content (AvgIpc) is 2.61. The Bertz CT molecular complexity index is 778. The first kappa shape index (κ1) is 31.4. The van der Waals surface area contributed by atoms with Gasteiger partial charge in [-0.2, -0.15) is 0 Å². The third-order valence-electron chi connectivity index (χ3n) is 6.53. The Morgan fingerprint density at radius 1 is 1.00 bits per heavy atom. The quantitative estimate of drug-likeness (QED) is 0.190. The zero-order valence-electron chi connectivity index (χ0n) is 22.5. The number of carboxylic acids is 1. The molecular weight excluding hydrogens is 444 g/mol. The van der Waals surface area contributed by atoms with Gasteiger partial charge in [0.15, 0.2) is 16.6 Å². The Labute approximate surface area is 205 Å². The van der Waals surface area contributed by atoms with E-state index in [9.17, 15) is 4.79 Å². The molecule has 0 spiro atoms. The average molecular weight is 491 g/mol. The summed E-state index contributed by atoms with van der Waals surface area (Å²) >= 11 is 0. The van der Waals surface area contributed by atoms with Crippen molar-refractivity contribution in [1.82, 2.24) is 0 Å². The lowest BCUT2D eigenvalue weighted by Gasteiger charge is -2.38. The fraction of sp³-hybridized carbons (Fsp3) is 0.667. The molecule has 186 valence electrons. The van der Waals surface area contributed by atoms with Crippen LogP contribution in [-0.4, -0.2) is 39.9 Å². The summed E-state index contributed by atoms with van der Waals surface area (Å²) in [5, 5.41) is 9.14. The van der Waals surface area contributed by atoms with Crippen LogP contribution in [-0.2, 0) is 13.6 Å². The molecule has 0 amide bonds. The number of terminal acetylenes is 1. The largest absolute Gasteiger partial charge is 0.481 e. The molecule has 0 fully saturated rings. The lowest BCUT2D eigenvalue weighted by molar-refractivity contribution is -0.137. The summed E-state index contributed by atoms with van der Waals surface area (Å²) in [7, 11) is -3.91. The normalized spacial score (nSPS) is 15.2. The van der Waals surface area contributed by atoms with Gasteiger partial charge in [0.1, 0.15) is 6.10 Å². The van der Waals surface area contributed by atoms with E-state index < -0.39 is 22.6 Å². The highest BCUT2D eigenvalue weighted by Gasteiger charge is 2.39. The van der Waals surface area contributed by atoms with Crippen LogP contribution in [0.1, 0.15) is 67.2 Å². The molecule has 0 aliphatic heterocycles. The molecule has 0 saturated carbocycles. The van der Waals surface area contributed by atoms with E-state index in [-0.39, 0.29) is 28.7 Å². The maximum absolute atomic E-state index is 10.9. The number of carbonyl (C=O) groups is 1. The molecule has 0 aromatic carbocycles. The van der Waals surface area contributed by atoms with Crippen molar-refractivity contribution in [3.63, 3.8) is 0 Å². The topological polar surface area (TPSA) is 55.8 Å². The molecule has 0 aliphatic rings. The summed E-state index contributed by atoms with van der Waals surface area (Å²) in [6.45, 7) is 22.0. The molecule has 0 unspecified atom stereocenters. The van der Waals surface area contributed by atoms with Gasteiger partial charge >= 0.3 is 5.97 Å². The van der Waals surface area contributed by atoms with Gasteiger partial charge < -0.3 is 14.0 Å². The van der Waals surface area contributed by atoms with E-state index in [0.717, 1.165) is 0 Å². The second-order valence-corrected chi connectivity index (χ2v) is 21.0. The van der Waals surface area contributed by atoms with E-state index in [2.05, 4.69) is 85.5 Å². The third kappa shape index (κ3) is 12.5. The zero-order valence-corrected chi connectivity index (χ0v) is 24.5. The molecule has 2 atom stereocenters. The first-order valence-corrected chi connectivity index (χ1v) is 17.6. The van der Waals surface area contributed by atoms with Crippen LogP contribution in [0.4, 0.5) is 0 Å². The summed E-state index contributed by atoms with van der Waals surface area (Å²) in [4.78, 5) is 10.9. The summed E-state index contributed by atoms with van der Waals surface area (Å²) in [6.07, 6.45) is 14.6. The minimum atomic E-state index is -2.00. The minimum absolute atomic E-state index is 0.0640. The van der Waals surface area contributed by atoms with E-state index in [1.165, 1.54) is 0 Å². The lowest BCUT2D eigenvalue weighted by atomic mass is 10.1. The highest BCUT2D eigenvalue weighted by molar-refractivity contribution is 6.74. The third-order valence-corrected chi connectivity index (χ3v) is 15.5. The van der Waals surface area contributed by atoms with Crippen molar-refractivity contribution in [1.29, 1.82) is 0 Å².